The quantitative estimate of drug-likeness (QED) is 0.453. The van der Waals surface area contributed by atoms with E-state index < -0.39 is 17.8 Å². The number of piperidine rings is 1. The van der Waals surface area contributed by atoms with Gasteiger partial charge in [-0.05, 0) is 43.7 Å². The van der Waals surface area contributed by atoms with Gasteiger partial charge in [0.15, 0.2) is 11.5 Å². The Bertz CT molecular complexity index is 789. The number of amides is 4. The lowest BCUT2D eigenvalue weighted by atomic mass is 10.00. The van der Waals surface area contributed by atoms with Crippen LogP contribution >= 0.6 is 0 Å². The topological polar surface area (TPSA) is 79.4 Å². The minimum atomic E-state index is -0.839. The van der Waals surface area contributed by atoms with Crippen molar-refractivity contribution in [1.82, 2.24) is 9.80 Å². The largest absolute Gasteiger partial charge is 0.490 e. The van der Waals surface area contributed by atoms with Crippen LogP contribution in [0.2, 0.25) is 0 Å². The molecule has 0 radical (unpaired) electrons. The molecule has 0 aliphatic carbocycles. The van der Waals surface area contributed by atoms with Crippen LogP contribution in [0.4, 0.5) is 10.5 Å². The van der Waals surface area contributed by atoms with E-state index in [9.17, 15) is 14.4 Å². The Morgan fingerprint density at radius 2 is 1.57 bits per heavy atom. The Balaban J connectivity index is 1.79. The zero-order valence-corrected chi connectivity index (χ0v) is 18.1. The number of ether oxygens (including phenoxy) is 2. The average molecular weight is 418 g/mol. The molecule has 0 spiro atoms. The van der Waals surface area contributed by atoms with Gasteiger partial charge in [-0.2, -0.15) is 0 Å². The first-order chi connectivity index (χ1) is 14.5. The van der Waals surface area contributed by atoms with Crippen LogP contribution in [-0.4, -0.2) is 60.6 Å². The first kappa shape index (κ1) is 22.1. The summed E-state index contributed by atoms with van der Waals surface area (Å²) in [4.78, 5) is 42.1. The number of nitrogens with zero attached hydrogens (tertiary/aromatic N) is 3. The third kappa shape index (κ3) is 4.75. The van der Waals surface area contributed by atoms with Gasteiger partial charge in [0.25, 0.3) is 0 Å². The number of rotatable bonds is 9. The summed E-state index contributed by atoms with van der Waals surface area (Å²) < 4.78 is 11.5. The second kappa shape index (κ2) is 9.93. The van der Waals surface area contributed by atoms with Crippen LogP contribution in [0.15, 0.2) is 18.2 Å². The molecular weight excluding hydrogens is 386 g/mol. The van der Waals surface area contributed by atoms with Crippen molar-refractivity contribution in [3.63, 3.8) is 0 Å². The van der Waals surface area contributed by atoms with Crippen molar-refractivity contribution in [1.29, 1.82) is 0 Å². The van der Waals surface area contributed by atoms with E-state index in [0.29, 0.717) is 36.3 Å². The van der Waals surface area contributed by atoms with Crippen molar-refractivity contribution >= 4 is 23.5 Å². The van der Waals surface area contributed by atoms with Crippen LogP contribution in [-0.2, 0) is 9.59 Å². The van der Waals surface area contributed by atoms with E-state index in [2.05, 4.69) is 6.92 Å². The monoisotopic (exact) mass is 417 g/mol. The van der Waals surface area contributed by atoms with E-state index in [1.807, 2.05) is 18.7 Å². The van der Waals surface area contributed by atoms with Gasteiger partial charge in [0.2, 0.25) is 0 Å². The average Bonchev–Trinajstić information content (AvgIpc) is 2.95. The van der Waals surface area contributed by atoms with Crippen LogP contribution in [0.5, 0.6) is 11.5 Å². The van der Waals surface area contributed by atoms with Crippen molar-refractivity contribution in [3.8, 4) is 11.5 Å². The number of hydrogen-bond donors (Lipinski definition) is 0. The molecule has 0 aromatic heterocycles. The minimum absolute atomic E-state index is 0.142. The van der Waals surface area contributed by atoms with Crippen LogP contribution in [0, 0.1) is 5.92 Å². The van der Waals surface area contributed by atoms with E-state index in [1.54, 1.807) is 18.2 Å². The Hall–Kier alpha value is -2.61. The van der Waals surface area contributed by atoms with Gasteiger partial charge in [-0.25, -0.2) is 14.6 Å². The summed E-state index contributed by atoms with van der Waals surface area (Å²) >= 11 is 0. The van der Waals surface area contributed by atoms with Gasteiger partial charge in [0, 0.05) is 19.2 Å². The standard InChI is InChI=1S/C22H31N3O5/c1-4-12-29-18-7-6-17(14-19(18)30-13-5-2)25-21(27)20(26)24(22(25)28)15-23-10-8-16(3)9-11-23/h6-7,14,16H,4-5,8-13,15H2,1-3H3. The second-order valence-corrected chi connectivity index (χ2v) is 7.93. The second-order valence-electron chi connectivity index (χ2n) is 7.93. The van der Waals surface area contributed by atoms with Crippen LogP contribution < -0.4 is 14.4 Å². The molecule has 2 saturated heterocycles. The van der Waals surface area contributed by atoms with E-state index >= 15 is 0 Å². The molecule has 8 nitrogen and oxygen atoms in total. The zero-order chi connectivity index (χ0) is 21.7. The summed E-state index contributed by atoms with van der Waals surface area (Å²) in [5, 5.41) is 0. The van der Waals surface area contributed by atoms with E-state index in [4.69, 9.17) is 9.47 Å². The SMILES string of the molecule is CCCOc1ccc(N2C(=O)C(=O)N(CN3CCC(C)CC3)C2=O)cc1OCCC. The number of carbonyl (C=O) groups excluding carboxylic acids is 3. The molecule has 4 amide bonds. The molecule has 0 atom stereocenters. The summed E-state index contributed by atoms with van der Waals surface area (Å²) in [5.41, 5.74) is 0.308. The van der Waals surface area contributed by atoms with E-state index in [1.165, 1.54) is 0 Å². The lowest BCUT2D eigenvalue weighted by Crippen LogP contribution is -2.45. The predicted octanol–water partition coefficient (Wildman–Crippen LogP) is 3.25. The number of carbonyl (C=O) groups is 3. The molecule has 1 aromatic carbocycles. The van der Waals surface area contributed by atoms with Gasteiger partial charge < -0.3 is 9.47 Å². The van der Waals surface area contributed by atoms with Gasteiger partial charge in [-0.3, -0.25) is 14.5 Å². The highest BCUT2D eigenvalue weighted by Gasteiger charge is 2.46. The highest BCUT2D eigenvalue weighted by Crippen LogP contribution is 2.34. The number of anilines is 1. The molecule has 0 unspecified atom stereocenters. The minimum Gasteiger partial charge on any atom is -0.490 e. The number of imide groups is 2. The van der Waals surface area contributed by atoms with Crippen LogP contribution in [0.1, 0.15) is 46.5 Å². The third-order valence-electron chi connectivity index (χ3n) is 5.38. The van der Waals surface area contributed by atoms with Crippen LogP contribution in [0.3, 0.4) is 0 Å². The highest BCUT2D eigenvalue weighted by molar-refractivity contribution is 6.52. The first-order valence-corrected chi connectivity index (χ1v) is 10.8. The molecule has 2 aliphatic heterocycles. The molecule has 0 bridgehead atoms. The number of benzene rings is 1. The molecule has 8 heteroatoms. The summed E-state index contributed by atoms with van der Waals surface area (Å²) in [6, 6.07) is 4.26. The lowest BCUT2D eigenvalue weighted by Gasteiger charge is -2.32. The molecule has 0 saturated carbocycles. The van der Waals surface area contributed by atoms with Gasteiger partial charge in [-0.15, -0.1) is 0 Å². The molecule has 2 fully saturated rings. The van der Waals surface area contributed by atoms with Crippen molar-refractivity contribution in [3.05, 3.63) is 18.2 Å². The van der Waals surface area contributed by atoms with Crippen molar-refractivity contribution in [2.24, 2.45) is 5.92 Å². The Morgan fingerprint density at radius 3 is 2.20 bits per heavy atom. The zero-order valence-electron chi connectivity index (χ0n) is 18.1. The van der Waals surface area contributed by atoms with Crippen LogP contribution in [0.25, 0.3) is 0 Å². The Kier molecular flexibility index (Phi) is 7.31. The summed E-state index contributed by atoms with van der Waals surface area (Å²) in [6.45, 7) is 8.96. The predicted molar refractivity (Wildman–Crippen MR) is 113 cm³/mol. The molecule has 1 aromatic rings. The van der Waals surface area contributed by atoms with Gasteiger partial charge in [-0.1, -0.05) is 20.8 Å². The molecule has 2 aliphatic rings. The summed E-state index contributed by atoms with van der Waals surface area (Å²) in [6.07, 6.45) is 3.69. The molecule has 0 N–H and O–H groups in total. The van der Waals surface area contributed by atoms with Gasteiger partial charge in [0.1, 0.15) is 0 Å². The normalized spacial score (nSPS) is 18.4. The number of hydrogen-bond acceptors (Lipinski definition) is 6. The molecule has 3 rings (SSSR count). The van der Waals surface area contributed by atoms with Crippen molar-refractivity contribution in [2.45, 2.75) is 46.5 Å². The maximum atomic E-state index is 13.0. The fraction of sp³-hybridized carbons (Fsp3) is 0.591. The fourth-order valence-electron chi connectivity index (χ4n) is 3.55. The van der Waals surface area contributed by atoms with Crippen molar-refractivity contribution in [2.75, 3.05) is 37.9 Å². The summed E-state index contributed by atoms with van der Waals surface area (Å²) in [5.74, 6) is 0.0208. The Labute approximate surface area is 177 Å². The maximum absolute atomic E-state index is 13.0. The Morgan fingerprint density at radius 1 is 0.933 bits per heavy atom. The molecule has 30 heavy (non-hydrogen) atoms. The van der Waals surface area contributed by atoms with E-state index in [-0.39, 0.29) is 6.67 Å². The smallest absolute Gasteiger partial charge is 0.340 e. The number of likely N-dealkylation sites (tertiary alicyclic amines) is 1. The highest BCUT2D eigenvalue weighted by atomic mass is 16.5. The van der Waals surface area contributed by atoms with E-state index in [0.717, 1.165) is 48.6 Å². The molecular formula is C22H31N3O5. The maximum Gasteiger partial charge on any atom is 0.340 e. The van der Waals surface area contributed by atoms with Crippen molar-refractivity contribution < 1.29 is 23.9 Å². The number of urea groups is 1. The van der Waals surface area contributed by atoms with Gasteiger partial charge in [0.05, 0.1) is 25.6 Å². The third-order valence-corrected chi connectivity index (χ3v) is 5.38. The van der Waals surface area contributed by atoms with Gasteiger partial charge >= 0.3 is 17.8 Å². The first-order valence-electron chi connectivity index (χ1n) is 10.8. The fourth-order valence-corrected chi connectivity index (χ4v) is 3.55. The molecule has 164 valence electrons. The lowest BCUT2D eigenvalue weighted by molar-refractivity contribution is -0.140. The molecule has 2 heterocycles. The summed E-state index contributed by atoms with van der Waals surface area (Å²) in [7, 11) is 0.